The van der Waals surface area contributed by atoms with Crippen LogP contribution >= 0.6 is 11.8 Å². The maximum atomic E-state index is 5.09. The van der Waals surface area contributed by atoms with E-state index in [0.29, 0.717) is 12.5 Å². The van der Waals surface area contributed by atoms with Crippen molar-refractivity contribution in [3.05, 3.63) is 11.9 Å². The first-order valence-corrected chi connectivity index (χ1v) is 7.32. The second-order valence-electron chi connectivity index (χ2n) is 4.33. The molecule has 0 amide bonds. The summed E-state index contributed by atoms with van der Waals surface area (Å²) in [6.45, 7) is 6.78. The minimum Gasteiger partial charge on any atom is -0.383 e. The molecule has 1 atom stereocenters. The lowest BCUT2D eigenvalue weighted by Gasteiger charge is -2.13. The Bertz CT molecular complexity index is 328. The number of imidazole rings is 1. The van der Waals surface area contributed by atoms with Crippen LogP contribution in [0.4, 0.5) is 5.95 Å². The first kappa shape index (κ1) is 14.4. The van der Waals surface area contributed by atoms with Crippen molar-refractivity contribution in [3.8, 4) is 0 Å². The standard InChI is InChI=1S/C12H23N3OS/c1-10(9-17-4)7-13-12-14-11(2)8-15(12)5-6-16-3/h8,10H,5-7,9H2,1-4H3,(H,13,14). The van der Waals surface area contributed by atoms with Gasteiger partial charge in [-0.25, -0.2) is 4.98 Å². The molecular formula is C12H23N3OS. The number of aromatic nitrogens is 2. The highest BCUT2D eigenvalue weighted by molar-refractivity contribution is 7.98. The molecule has 0 bridgehead atoms. The number of thioether (sulfide) groups is 1. The first-order chi connectivity index (χ1) is 8.17. The van der Waals surface area contributed by atoms with Crippen molar-refractivity contribution in [2.75, 3.05) is 37.6 Å². The van der Waals surface area contributed by atoms with Crippen LogP contribution in [0.3, 0.4) is 0 Å². The number of nitrogens with zero attached hydrogens (tertiary/aromatic N) is 2. The Hall–Kier alpha value is -0.680. The van der Waals surface area contributed by atoms with Gasteiger partial charge in [0.1, 0.15) is 0 Å². The fourth-order valence-corrected chi connectivity index (χ4v) is 2.34. The maximum absolute atomic E-state index is 5.09. The van der Waals surface area contributed by atoms with Crippen molar-refractivity contribution >= 4 is 17.7 Å². The van der Waals surface area contributed by atoms with E-state index in [4.69, 9.17) is 4.74 Å². The zero-order chi connectivity index (χ0) is 12.7. The molecule has 0 saturated carbocycles. The molecule has 0 radical (unpaired) electrons. The Morgan fingerprint density at radius 3 is 3.00 bits per heavy atom. The molecule has 4 nitrogen and oxygen atoms in total. The van der Waals surface area contributed by atoms with Gasteiger partial charge in [0.15, 0.2) is 0 Å². The minimum absolute atomic E-state index is 0.651. The van der Waals surface area contributed by atoms with Crippen molar-refractivity contribution in [2.24, 2.45) is 5.92 Å². The molecule has 1 unspecified atom stereocenters. The number of rotatable bonds is 8. The van der Waals surface area contributed by atoms with Crippen molar-refractivity contribution in [1.82, 2.24) is 9.55 Å². The van der Waals surface area contributed by atoms with Gasteiger partial charge in [0.05, 0.1) is 12.3 Å². The van der Waals surface area contributed by atoms with Gasteiger partial charge in [0.25, 0.3) is 0 Å². The second kappa shape index (κ2) is 7.61. The molecular weight excluding hydrogens is 234 g/mol. The molecule has 17 heavy (non-hydrogen) atoms. The van der Waals surface area contributed by atoms with Gasteiger partial charge in [-0.2, -0.15) is 11.8 Å². The zero-order valence-electron chi connectivity index (χ0n) is 11.2. The molecule has 1 rings (SSSR count). The predicted molar refractivity (Wildman–Crippen MR) is 74.9 cm³/mol. The molecule has 5 heteroatoms. The van der Waals surface area contributed by atoms with Crippen molar-refractivity contribution in [1.29, 1.82) is 0 Å². The van der Waals surface area contributed by atoms with Crippen LogP contribution in [0.5, 0.6) is 0 Å². The number of hydrogen-bond acceptors (Lipinski definition) is 4. The van der Waals surface area contributed by atoms with E-state index >= 15 is 0 Å². The van der Waals surface area contributed by atoms with E-state index in [-0.39, 0.29) is 0 Å². The Morgan fingerprint density at radius 2 is 2.35 bits per heavy atom. The monoisotopic (exact) mass is 257 g/mol. The van der Waals surface area contributed by atoms with Gasteiger partial charge in [0.2, 0.25) is 5.95 Å². The van der Waals surface area contributed by atoms with Crippen molar-refractivity contribution in [3.63, 3.8) is 0 Å². The van der Waals surface area contributed by atoms with Gasteiger partial charge in [-0.05, 0) is 24.9 Å². The van der Waals surface area contributed by atoms with E-state index < -0.39 is 0 Å². The summed E-state index contributed by atoms with van der Waals surface area (Å²) in [6.07, 6.45) is 4.20. The van der Waals surface area contributed by atoms with E-state index in [1.807, 2.05) is 18.7 Å². The summed E-state index contributed by atoms with van der Waals surface area (Å²) in [5.41, 5.74) is 1.04. The predicted octanol–water partition coefficient (Wildman–Crippen LogP) is 2.25. The van der Waals surface area contributed by atoms with E-state index in [1.165, 1.54) is 5.75 Å². The molecule has 0 aliphatic heterocycles. The third-order valence-corrected chi connectivity index (χ3v) is 3.40. The quantitative estimate of drug-likeness (QED) is 0.775. The molecule has 0 aromatic carbocycles. The third kappa shape index (κ3) is 5.00. The third-order valence-electron chi connectivity index (χ3n) is 2.49. The van der Waals surface area contributed by atoms with Gasteiger partial charge >= 0.3 is 0 Å². The molecule has 1 N–H and O–H groups in total. The van der Waals surface area contributed by atoms with Crippen molar-refractivity contribution < 1.29 is 4.74 Å². The molecule has 0 fully saturated rings. The average molecular weight is 257 g/mol. The van der Waals surface area contributed by atoms with Crippen LogP contribution in [-0.2, 0) is 11.3 Å². The first-order valence-electron chi connectivity index (χ1n) is 5.93. The lowest BCUT2D eigenvalue weighted by atomic mass is 10.2. The van der Waals surface area contributed by atoms with Gasteiger partial charge in [-0.3, -0.25) is 0 Å². The fourth-order valence-electron chi connectivity index (χ4n) is 1.66. The Morgan fingerprint density at radius 1 is 1.59 bits per heavy atom. The number of aryl methyl sites for hydroxylation is 1. The molecule has 0 spiro atoms. The zero-order valence-corrected chi connectivity index (χ0v) is 12.0. The molecule has 0 saturated heterocycles. The number of anilines is 1. The molecule has 0 aliphatic rings. The van der Waals surface area contributed by atoms with Crippen LogP contribution in [-0.4, -0.2) is 41.8 Å². The van der Waals surface area contributed by atoms with Crippen LogP contribution in [0, 0.1) is 12.8 Å². The van der Waals surface area contributed by atoms with E-state index in [2.05, 4.69) is 34.2 Å². The summed E-state index contributed by atoms with van der Waals surface area (Å²) in [6, 6.07) is 0. The van der Waals surface area contributed by atoms with Crippen LogP contribution in [0.25, 0.3) is 0 Å². The summed E-state index contributed by atoms with van der Waals surface area (Å²) >= 11 is 1.88. The van der Waals surface area contributed by atoms with Crippen LogP contribution in [0.15, 0.2) is 6.20 Å². The minimum atomic E-state index is 0.651. The lowest BCUT2D eigenvalue weighted by Crippen LogP contribution is -2.17. The van der Waals surface area contributed by atoms with Crippen LogP contribution in [0.2, 0.25) is 0 Å². The molecule has 0 aliphatic carbocycles. The Balaban J connectivity index is 2.50. The maximum Gasteiger partial charge on any atom is 0.203 e. The topological polar surface area (TPSA) is 39.1 Å². The summed E-state index contributed by atoms with van der Waals surface area (Å²) in [5, 5.41) is 3.41. The van der Waals surface area contributed by atoms with Gasteiger partial charge in [-0.15, -0.1) is 0 Å². The van der Waals surface area contributed by atoms with Crippen molar-refractivity contribution in [2.45, 2.75) is 20.4 Å². The fraction of sp³-hybridized carbons (Fsp3) is 0.750. The molecule has 98 valence electrons. The molecule has 1 aromatic rings. The van der Waals surface area contributed by atoms with Crippen LogP contribution < -0.4 is 5.32 Å². The largest absolute Gasteiger partial charge is 0.383 e. The SMILES string of the molecule is COCCn1cc(C)nc1NCC(C)CSC. The number of hydrogen-bond donors (Lipinski definition) is 1. The summed E-state index contributed by atoms with van der Waals surface area (Å²) in [4.78, 5) is 4.49. The van der Waals surface area contributed by atoms with E-state index in [9.17, 15) is 0 Å². The lowest BCUT2D eigenvalue weighted by molar-refractivity contribution is 0.187. The second-order valence-corrected chi connectivity index (χ2v) is 5.24. The van der Waals surface area contributed by atoms with Gasteiger partial charge in [-0.1, -0.05) is 6.92 Å². The Kier molecular flexibility index (Phi) is 6.44. The summed E-state index contributed by atoms with van der Waals surface area (Å²) < 4.78 is 7.21. The highest BCUT2D eigenvalue weighted by Crippen LogP contribution is 2.10. The van der Waals surface area contributed by atoms with Crippen LogP contribution in [0.1, 0.15) is 12.6 Å². The summed E-state index contributed by atoms with van der Waals surface area (Å²) in [7, 11) is 1.72. The highest BCUT2D eigenvalue weighted by Gasteiger charge is 2.07. The van der Waals surface area contributed by atoms with Gasteiger partial charge < -0.3 is 14.6 Å². The molecule has 1 heterocycles. The van der Waals surface area contributed by atoms with E-state index in [1.54, 1.807) is 7.11 Å². The highest BCUT2D eigenvalue weighted by atomic mass is 32.2. The number of nitrogens with one attached hydrogen (secondary N) is 1. The van der Waals surface area contributed by atoms with E-state index in [0.717, 1.165) is 24.7 Å². The summed E-state index contributed by atoms with van der Waals surface area (Å²) in [5.74, 6) is 2.77. The average Bonchev–Trinajstić information content (AvgIpc) is 2.65. The molecule has 1 aromatic heterocycles. The normalized spacial score (nSPS) is 12.7. The number of methoxy groups -OCH3 is 1. The Labute approximate surface area is 108 Å². The smallest absolute Gasteiger partial charge is 0.203 e. The number of ether oxygens (including phenoxy) is 1. The van der Waals surface area contributed by atoms with Gasteiger partial charge in [0, 0.05) is 26.4 Å².